The molecule has 1 heteroatoms. The van der Waals surface area contributed by atoms with Crippen molar-refractivity contribution in [2.24, 2.45) is 0 Å². The van der Waals surface area contributed by atoms with E-state index in [-0.39, 0.29) is 0 Å². The van der Waals surface area contributed by atoms with Crippen LogP contribution in [0.25, 0.3) is 0 Å². The highest BCUT2D eigenvalue weighted by atomic mass is 16.1. The summed E-state index contributed by atoms with van der Waals surface area (Å²) in [6.45, 7) is 2.29. The molecular formula is C22H43O. The van der Waals surface area contributed by atoms with Crippen LogP contribution in [0, 0.1) is 0 Å². The van der Waals surface area contributed by atoms with Crippen molar-refractivity contribution in [2.75, 3.05) is 0 Å². The Morgan fingerprint density at radius 3 is 0.957 bits per heavy atom. The Labute approximate surface area is 147 Å². The second-order valence-electron chi connectivity index (χ2n) is 7.26. The number of unbranched alkanes of at least 4 members (excludes halogenated alkanes) is 19. The van der Waals surface area contributed by atoms with Crippen LogP contribution < -0.4 is 0 Å². The van der Waals surface area contributed by atoms with Gasteiger partial charge in [0.25, 0.3) is 0 Å². The summed E-state index contributed by atoms with van der Waals surface area (Å²) < 4.78 is 0. The lowest BCUT2D eigenvalue weighted by Gasteiger charge is -2.03. The Balaban J connectivity index is 2.93. The molecule has 0 rings (SSSR count). The first-order valence-electron chi connectivity index (χ1n) is 10.8. The molecule has 0 saturated heterocycles. The summed E-state index contributed by atoms with van der Waals surface area (Å²) in [6, 6.07) is 0. The average molecular weight is 324 g/mol. The summed E-state index contributed by atoms with van der Waals surface area (Å²) in [4.78, 5) is 10.1. The molecule has 1 radical (unpaired) electrons. The molecule has 0 fully saturated rings. The summed E-state index contributed by atoms with van der Waals surface area (Å²) in [6.07, 6.45) is 29.1. The van der Waals surface area contributed by atoms with Gasteiger partial charge < -0.3 is 0 Å². The average Bonchev–Trinajstić information content (AvgIpc) is 2.57. The van der Waals surface area contributed by atoms with Crippen LogP contribution in [0.4, 0.5) is 0 Å². The van der Waals surface area contributed by atoms with Gasteiger partial charge in [-0.15, -0.1) is 0 Å². The van der Waals surface area contributed by atoms with E-state index in [4.69, 9.17) is 0 Å². The Morgan fingerprint density at radius 1 is 0.435 bits per heavy atom. The van der Waals surface area contributed by atoms with Gasteiger partial charge in [-0.25, -0.2) is 0 Å². The molecule has 23 heavy (non-hydrogen) atoms. The van der Waals surface area contributed by atoms with E-state index in [1.807, 2.05) is 6.29 Å². The fraction of sp³-hybridized carbons (Fsp3) is 0.955. The van der Waals surface area contributed by atoms with E-state index in [0.29, 0.717) is 6.42 Å². The van der Waals surface area contributed by atoms with Crippen molar-refractivity contribution in [3.05, 3.63) is 0 Å². The first kappa shape index (κ1) is 22.7. The van der Waals surface area contributed by atoms with Crippen LogP contribution in [0.3, 0.4) is 0 Å². The van der Waals surface area contributed by atoms with Crippen molar-refractivity contribution in [1.82, 2.24) is 0 Å². The van der Waals surface area contributed by atoms with Crippen LogP contribution in [0.15, 0.2) is 0 Å². The maximum Gasteiger partial charge on any atom is 0.198 e. The van der Waals surface area contributed by atoms with Crippen molar-refractivity contribution in [3.63, 3.8) is 0 Å². The van der Waals surface area contributed by atoms with Crippen LogP contribution in [-0.4, -0.2) is 6.29 Å². The van der Waals surface area contributed by atoms with Crippen molar-refractivity contribution in [3.8, 4) is 0 Å². The third-order valence-electron chi connectivity index (χ3n) is 4.88. The van der Waals surface area contributed by atoms with Gasteiger partial charge in [0, 0.05) is 6.42 Å². The molecule has 0 N–H and O–H groups in total. The Kier molecular flexibility index (Phi) is 21.4. The lowest BCUT2D eigenvalue weighted by atomic mass is 10.0. The topological polar surface area (TPSA) is 17.1 Å². The van der Waals surface area contributed by atoms with Crippen LogP contribution >= 0.6 is 0 Å². The molecule has 0 aliphatic heterocycles. The zero-order valence-electron chi connectivity index (χ0n) is 16.1. The van der Waals surface area contributed by atoms with Crippen LogP contribution in [0.1, 0.15) is 135 Å². The van der Waals surface area contributed by atoms with E-state index in [9.17, 15) is 4.79 Å². The van der Waals surface area contributed by atoms with Crippen molar-refractivity contribution in [1.29, 1.82) is 0 Å². The smallest absolute Gasteiger partial charge is 0.198 e. The van der Waals surface area contributed by atoms with Gasteiger partial charge in [-0.1, -0.05) is 122 Å². The summed E-state index contributed by atoms with van der Waals surface area (Å²) in [5.41, 5.74) is 0. The molecule has 0 unspecified atom stereocenters. The van der Waals surface area contributed by atoms with Crippen LogP contribution in [0.2, 0.25) is 0 Å². The second kappa shape index (κ2) is 21.7. The van der Waals surface area contributed by atoms with Gasteiger partial charge in [-0.05, 0) is 6.42 Å². The van der Waals surface area contributed by atoms with Crippen LogP contribution in [-0.2, 0) is 4.79 Å². The third-order valence-corrected chi connectivity index (χ3v) is 4.88. The molecule has 0 bridgehead atoms. The molecule has 0 aromatic heterocycles. The highest BCUT2D eigenvalue weighted by Crippen LogP contribution is 2.14. The highest BCUT2D eigenvalue weighted by Gasteiger charge is 1.95. The van der Waals surface area contributed by atoms with E-state index in [1.54, 1.807) is 0 Å². The van der Waals surface area contributed by atoms with Gasteiger partial charge in [-0.3, -0.25) is 4.79 Å². The minimum Gasteiger partial charge on any atom is -0.291 e. The predicted molar refractivity (Wildman–Crippen MR) is 104 cm³/mol. The highest BCUT2D eigenvalue weighted by molar-refractivity contribution is 5.50. The number of hydrogen-bond donors (Lipinski definition) is 0. The molecule has 0 saturated carbocycles. The molecule has 0 aromatic carbocycles. The molecule has 1 nitrogen and oxygen atoms in total. The summed E-state index contributed by atoms with van der Waals surface area (Å²) in [5.74, 6) is 0. The molecule has 0 aliphatic rings. The first-order valence-corrected chi connectivity index (χ1v) is 10.8. The zero-order valence-corrected chi connectivity index (χ0v) is 16.1. The lowest BCUT2D eigenvalue weighted by molar-refractivity contribution is 0.521. The first-order chi connectivity index (χ1) is 11.4. The Hall–Kier alpha value is -0.330. The third kappa shape index (κ3) is 21.7. The summed E-state index contributed by atoms with van der Waals surface area (Å²) >= 11 is 0. The minimum absolute atomic E-state index is 0.638. The second-order valence-corrected chi connectivity index (χ2v) is 7.26. The van der Waals surface area contributed by atoms with Gasteiger partial charge in [0.1, 0.15) is 0 Å². The predicted octanol–water partition coefficient (Wildman–Crippen LogP) is 7.92. The SMILES string of the molecule is CCCCCCCCCCCCCCCCCCCCC[C]=O. The number of rotatable bonds is 20. The summed E-state index contributed by atoms with van der Waals surface area (Å²) in [5, 5.41) is 0. The van der Waals surface area contributed by atoms with Crippen LogP contribution in [0.5, 0.6) is 0 Å². The fourth-order valence-electron chi connectivity index (χ4n) is 3.28. The molecule has 0 aromatic rings. The number of hydrogen-bond acceptors (Lipinski definition) is 1. The molecule has 0 atom stereocenters. The van der Waals surface area contributed by atoms with E-state index < -0.39 is 0 Å². The fourth-order valence-corrected chi connectivity index (χ4v) is 3.28. The number of carbonyl (C=O) groups excluding carboxylic acids is 1. The lowest BCUT2D eigenvalue weighted by Crippen LogP contribution is -1.84. The largest absolute Gasteiger partial charge is 0.291 e. The zero-order chi connectivity index (χ0) is 16.8. The molecule has 0 heterocycles. The quantitative estimate of drug-likeness (QED) is 0.208. The van der Waals surface area contributed by atoms with Crippen molar-refractivity contribution in [2.45, 2.75) is 135 Å². The van der Waals surface area contributed by atoms with Gasteiger partial charge in [0.05, 0.1) is 0 Å². The van der Waals surface area contributed by atoms with E-state index in [1.165, 1.54) is 116 Å². The molecule has 137 valence electrons. The maximum atomic E-state index is 10.1. The van der Waals surface area contributed by atoms with Gasteiger partial charge >= 0.3 is 0 Å². The molecule has 0 aliphatic carbocycles. The molecular weight excluding hydrogens is 280 g/mol. The molecule has 0 amide bonds. The molecule has 0 spiro atoms. The van der Waals surface area contributed by atoms with Gasteiger partial charge in [0.2, 0.25) is 0 Å². The van der Waals surface area contributed by atoms with Gasteiger partial charge in [0.15, 0.2) is 6.29 Å². The normalized spacial score (nSPS) is 11.0. The van der Waals surface area contributed by atoms with E-state index in [0.717, 1.165) is 6.42 Å². The van der Waals surface area contributed by atoms with Crippen molar-refractivity contribution < 1.29 is 4.79 Å². The Bertz CT molecular complexity index is 212. The standard InChI is InChI=1S/C22H43O/c1-2-3-4-5-6-7-8-9-10-11-12-13-14-15-16-17-18-19-20-21-22-23/h2-21H2,1H3. The van der Waals surface area contributed by atoms with Gasteiger partial charge in [-0.2, -0.15) is 0 Å². The van der Waals surface area contributed by atoms with E-state index >= 15 is 0 Å². The summed E-state index contributed by atoms with van der Waals surface area (Å²) in [7, 11) is 0. The minimum atomic E-state index is 0.638. The Morgan fingerprint density at radius 2 is 0.696 bits per heavy atom. The monoisotopic (exact) mass is 323 g/mol. The maximum absolute atomic E-state index is 10.1. The van der Waals surface area contributed by atoms with E-state index in [2.05, 4.69) is 6.92 Å². The van der Waals surface area contributed by atoms with Crippen molar-refractivity contribution >= 4 is 6.29 Å².